The fourth-order valence-electron chi connectivity index (χ4n) is 2.23. The second-order valence-electron chi connectivity index (χ2n) is 4.72. The minimum atomic E-state index is -0.393. The second kappa shape index (κ2) is 6.20. The van der Waals surface area contributed by atoms with Gasteiger partial charge in [-0.2, -0.15) is 5.26 Å². The highest BCUT2D eigenvalue weighted by Gasteiger charge is 2.13. The van der Waals surface area contributed by atoms with E-state index in [0.717, 1.165) is 9.09 Å². The van der Waals surface area contributed by atoms with E-state index in [1.54, 1.807) is 12.1 Å². The third-order valence-electron chi connectivity index (χ3n) is 3.31. The van der Waals surface area contributed by atoms with Crippen molar-refractivity contribution in [1.29, 1.82) is 5.26 Å². The molecule has 4 nitrogen and oxygen atoms in total. The van der Waals surface area contributed by atoms with Gasteiger partial charge < -0.3 is 9.14 Å². The zero-order valence-electron chi connectivity index (χ0n) is 11.5. The number of rotatable bonds is 3. The Morgan fingerprint density at radius 2 is 2.00 bits per heavy atom. The number of ether oxygens (including phenoxy) is 1. The van der Waals surface area contributed by atoms with Crippen molar-refractivity contribution in [3.05, 3.63) is 75.1 Å². The monoisotopic (exact) mass is 402 g/mol. The lowest BCUT2D eigenvalue weighted by molar-refractivity contribution is 0.0472. The summed E-state index contributed by atoms with van der Waals surface area (Å²) in [5.74, 6) is -0.393. The normalized spacial score (nSPS) is 10.4. The fourth-order valence-corrected chi connectivity index (χ4v) is 2.59. The molecule has 2 heterocycles. The Balaban J connectivity index is 1.81. The van der Waals surface area contributed by atoms with Gasteiger partial charge in [0.1, 0.15) is 12.7 Å². The number of hydrogen-bond acceptors (Lipinski definition) is 3. The number of aromatic nitrogens is 1. The van der Waals surface area contributed by atoms with E-state index in [1.807, 2.05) is 47.1 Å². The van der Waals surface area contributed by atoms with E-state index < -0.39 is 5.97 Å². The number of nitriles is 1. The zero-order chi connectivity index (χ0) is 15.5. The largest absolute Gasteiger partial charge is 0.457 e. The van der Waals surface area contributed by atoms with Crippen LogP contribution < -0.4 is 0 Å². The van der Waals surface area contributed by atoms with Crippen LogP contribution in [0.5, 0.6) is 0 Å². The minimum Gasteiger partial charge on any atom is -0.457 e. The summed E-state index contributed by atoms with van der Waals surface area (Å²) in [5.41, 5.74) is 2.55. The number of pyridine rings is 1. The maximum absolute atomic E-state index is 12.0. The molecule has 0 aliphatic heterocycles. The molecule has 0 saturated heterocycles. The van der Waals surface area contributed by atoms with Crippen LogP contribution in [0.3, 0.4) is 0 Å². The number of carbonyl (C=O) groups is 1. The number of hydrogen-bond donors (Lipinski definition) is 0. The van der Waals surface area contributed by atoms with Gasteiger partial charge in [0.2, 0.25) is 0 Å². The fraction of sp³-hybridized carbons (Fsp3) is 0.0588. The van der Waals surface area contributed by atoms with Crippen molar-refractivity contribution >= 4 is 34.1 Å². The van der Waals surface area contributed by atoms with Crippen LogP contribution in [-0.2, 0) is 11.3 Å². The third kappa shape index (κ3) is 2.83. The molecule has 0 N–H and O–H groups in total. The number of halogens is 1. The zero-order valence-corrected chi connectivity index (χ0v) is 13.6. The van der Waals surface area contributed by atoms with Gasteiger partial charge in [0.15, 0.2) is 0 Å². The average Bonchev–Trinajstić information content (AvgIpc) is 2.90. The summed E-state index contributed by atoms with van der Waals surface area (Å²) in [6, 6.07) is 15.0. The van der Waals surface area contributed by atoms with Crippen molar-refractivity contribution in [2.45, 2.75) is 6.61 Å². The van der Waals surface area contributed by atoms with Gasteiger partial charge >= 0.3 is 5.97 Å². The van der Waals surface area contributed by atoms with Crippen LogP contribution in [-0.4, -0.2) is 10.4 Å². The molecule has 108 valence electrons. The molecule has 0 unspecified atom stereocenters. The molecular formula is C17H11IN2O2. The lowest BCUT2D eigenvalue weighted by Crippen LogP contribution is -2.05. The van der Waals surface area contributed by atoms with E-state index >= 15 is 0 Å². The average molecular weight is 402 g/mol. The molecule has 0 fully saturated rings. The summed E-state index contributed by atoms with van der Waals surface area (Å²) in [5, 5.41) is 9.31. The first-order valence-corrected chi connectivity index (χ1v) is 7.68. The number of esters is 1. The summed E-state index contributed by atoms with van der Waals surface area (Å²) >= 11 is 2.18. The maximum Gasteiger partial charge on any atom is 0.338 e. The second-order valence-corrected chi connectivity index (χ2v) is 5.96. The number of fused-ring (bicyclic) bond motifs is 1. The van der Waals surface area contributed by atoms with Gasteiger partial charge in [0, 0.05) is 21.5 Å². The Morgan fingerprint density at radius 1 is 1.23 bits per heavy atom. The molecule has 0 bridgehead atoms. The molecule has 0 radical (unpaired) electrons. The lowest BCUT2D eigenvalue weighted by atomic mass is 10.2. The summed E-state index contributed by atoms with van der Waals surface area (Å²) in [6.45, 7) is 0.0788. The predicted octanol–water partition coefficient (Wildman–Crippen LogP) is 3.77. The van der Waals surface area contributed by atoms with E-state index in [4.69, 9.17) is 4.74 Å². The van der Waals surface area contributed by atoms with E-state index in [2.05, 4.69) is 28.7 Å². The van der Waals surface area contributed by atoms with Crippen molar-refractivity contribution in [3.63, 3.8) is 0 Å². The topological polar surface area (TPSA) is 54.5 Å². The minimum absolute atomic E-state index is 0.0788. The molecule has 1 aromatic carbocycles. The van der Waals surface area contributed by atoms with Crippen LogP contribution in [0.2, 0.25) is 0 Å². The van der Waals surface area contributed by atoms with Crippen LogP contribution in [0.1, 0.15) is 21.5 Å². The molecule has 2 aromatic heterocycles. The van der Waals surface area contributed by atoms with Crippen LogP contribution in [0, 0.1) is 14.9 Å². The first-order chi connectivity index (χ1) is 10.7. The molecule has 22 heavy (non-hydrogen) atoms. The quantitative estimate of drug-likeness (QED) is 0.495. The molecule has 5 heteroatoms. The third-order valence-corrected chi connectivity index (χ3v) is 4.03. The van der Waals surface area contributed by atoms with Crippen LogP contribution >= 0.6 is 22.6 Å². The number of carbonyl (C=O) groups excluding carboxylic acids is 1. The molecule has 3 aromatic rings. The molecule has 0 atom stereocenters. The lowest BCUT2D eigenvalue weighted by Gasteiger charge is -2.04. The molecule has 0 spiro atoms. The Hall–Kier alpha value is -2.33. The van der Waals surface area contributed by atoms with E-state index in [9.17, 15) is 10.1 Å². The molecule has 0 aliphatic carbocycles. The molecule has 3 rings (SSSR count). The van der Waals surface area contributed by atoms with Gasteiger partial charge in [0.05, 0.1) is 16.6 Å². The maximum atomic E-state index is 12.0. The van der Waals surface area contributed by atoms with E-state index in [0.29, 0.717) is 16.7 Å². The molecule has 0 aliphatic rings. The van der Waals surface area contributed by atoms with Gasteiger partial charge in [0.25, 0.3) is 0 Å². The summed E-state index contributed by atoms with van der Waals surface area (Å²) in [7, 11) is 0. The van der Waals surface area contributed by atoms with Crippen molar-refractivity contribution in [3.8, 4) is 6.07 Å². The smallest absolute Gasteiger partial charge is 0.338 e. The van der Waals surface area contributed by atoms with Crippen LogP contribution in [0.4, 0.5) is 0 Å². The Kier molecular flexibility index (Phi) is 4.11. The van der Waals surface area contributed by atoms with Crippen molar-refractivity contribution in [2.75, 3.05) is 0 Å². The van der Waals surface area contributed by atoms with Gasteiger partial charge in [-0.25, -0.2) is 4.79 Å². The molecule has 0 amide bonds. The molecular weight excluding hydrogens is 391 g/mol. The first kappa shape index (κ1) is 14.6. The Morgan fingerprint density at radius 3 is 2.73 bits per heavy atom. The number of nitrogens with zero attached hydrogens (tertiary/aromatic N) is 2. The summed E-state index contributed by atoms with van der Waals surface area (Å²) in [6.07, 6.45) is 3.68. The standard InChI is InChI=1S/C17H11IN2O2/c18-14-6-4-12(5-7-14)17(21)22-11-13-10-20-8-2-1-3-16(20)15(13)9-19/h1-8,10H,11H2. The Bertz CT molecular complexity index is 876. The van der Waals surface area contributed by atoms with Gasteiger partial charge in [-0.1, -0.05) is 6.07 Å². The highest BCUT2D eigenvalue weighted by molar-refractivity contribution is 14.1. The summed E-state index contributed by atoms with van der Waals surface area (Å²) < 4.78 is 8.23. The first-order valence-electron chi connectivity index (χ1n) is 6.60. The van der Waals surface area contributed by atoms with E-state index in [-0.39, 0.29) is 6.61 Å². The van der Waals surface area contributed by atoms with Crippen LogP contribution in [0.25, 0.3) is 5.52 Å². The Labute approximate surface area is 141 Å². The van der Waals surface area contributed by atoms with Crippen molar-refractivity contribution in [2.24, 2.45) is 0 Å². The predicted molar refractivity (Wildman–Crippen MR) is 90.4 cm³/mol. The van der Waals surface area contributed by atoms with Crippen molar-refractivity contribution < 1.29 is 9.53 Å². The van der Waals surface area contributed by atoms with Gasteiger partial charge in [-0.05, 0) is 59.0 Å². The van der Waals surface area contributed by atoms with Gasteiger partial charge in [-0.15, -0.1) is 0 Å². The SMILES string of the molecule is N#Cc1c(COC(=O)c2ccc(I)cc2)cn2ccccc12. The molecule has 0 saturated carbocycles. The number of benzene rings is 1. The van der Waals surface area contributed by atoms with Crippen molar-refractivity contribution in [1.82, 2.24) is 4.40 Å². The highest BCUT2D eigenvalue weighted by atomic mass is 127. The highest BCUT2D eigenvalue weighted by Crippen LogP contribution is 2.19. The summed E-state index contributed by atoms with van der Waals surface area (Å²) in [4.78, 5) is 12.0. The van der Waals surface area contributed by atoms with Gasteiger partial charge in [-0.3, -0.25) is 0 Å². The van der Waals surface area contributed by atoms with Crippen LogP contribution in [0.15, 0.2) is 54.9 Å². The van der Waals surface area contributed by atoms with E-state index in [1.165, 1.54) is 0 Å².